The van der Waals surface area contributed by atoms with E-state index in [1.807, 2.05) is 61.7 Å². The average molecular weight is 412 g/mol. The Labute approximate surface area is 175 Å². The van der Waals surface area contributed by atoms with E-state index in [-0.39, 0.29) is 30.7 Å². The highest BCUT2D eigenvalue weighted by atomic mass is 32.2. The summed E-state index contributed by atoms with van der Waals surface area (Å²) in [5.41, 5.74) is 2.64. The molecule has 0 aromatic heterocycles. The molecule has 29 heavy (non-hydrogen) atoms. The second kappa shape index (κ2) is 9.13. The standard InChI is InChI=1S/C22H25N3O3S/c1-15-8-10-17(11-9-15)25-13-16(12-21(25)27)22(28)24(2)14-20(26)23-18-6-4-5-7-19(18)29-3/h4-11,16H,12-14H2,1-3H3,(H,23,26)/t16-/m1/s1. The first-order valence-corrected chi connectivity index (χ1v) is 10.7. The van der Waals surface area contributed by atoms with E-state index in [9.17, 15) is 14.4 Å². The lowest BCUT2D eigenvalue weighted by Crippen LogP contribution is -2.39. The molecule has 0 spiro atoms. The van der Waals surface area contributed by atoms with Gasteiger partial charge in [0.05, 0.1) is 18.2 Å². The van der Waals surface area contributed by atoms with Gasteiger partial charge in [0.25, 0.3) is 0 Å². The Hall–Kier alpha value is -2.80. The summed E-state index contributed by atoms with van der Waals surface area (Å²) in [5, 5.41) is 2.86. The fourth-order valence-electron chi connectivity index (χ4n) is 3.39. The van der Waals surface area contributed by atoms with Crippen LogP contribution >= 0.6 is 11.8 Å². The number of thioether (sulfide) groups is 1. The minimum absolute atomic E-state index is 0.0588. The predicted molar refractivity (Wildman–Crippen MR) is 116 cm³/mol. The van der Waals surface area contributed by atoms with Crippen molar-refractivity contribution in [1.82, 2.24) is 4.90 Å². The number of anilines is 2. The fraction of sp³-hybridized carbons (Fsp3) is 0.318. The lowest BCUT2D eigenvalue weighted by molar-refractivity contribution is -0.137. The van der Waals surface area contributed by atoms with Crippen molar-refractivity contribution in [3.05, 3.63) is 54.1 Å². The van der Waals surface area contributed by atoms with Crippen LogP contribution in [0.1, 0.15) is 12.0 Å². The number of nitrogens with one attached hydrogen (secondary N) is 1. The molecular formula is C22H25N3O3S. The van der Waals surface area contributed by atoms with E-state index in [4.69, 9.17) is 0 Å². The topological polar surface area (TPSA) is 69.7 Å². The third-order valence-electron chi connectivity index (χ3n) is 4.96. The SMILES string of the molecule is CSc1ccccc1NC(=O)CN(C)C(=O)[C@@H]1CC(=O)N(c2ccc(C)cc2)C1. The molecule has 1 fully saturated rings. The number of aryl methyl sites for hydroxylation is 1. The normalized spacial score (nSPS) is 16.0. The van der Waals surface area contributed by atoms with Gasteiger partial charge in [-0.05, 0) is 37.4 Å². The first-order valence-electron chi connectivity index (χ1n) is 9.44. The zero-order chi connectivity index (χ0) is 21.0. The molecule has 1 saturated heterocycles. The predicted octanol–water partition coefficient (Wildman–Crippen LogP) is 3.17. The Morgan fingerprint density at radius 3 is 2.55 bits per heavy atom. The van der Waals surface area contributed by atoms with E-state index >= 15 is 0 Å². The number of amides is 3. The third kappa shape index (κ3) is 4.98. The van der Waals surface area contributed by atoms with Crippen molar-refractivity contribution in [2.45, 2.75) is 18.2 Å². The van der Waals surface area contributed by atoms with Crippen LogP contribution in [-0.2, 0) is 14.4 Å². The van der Waals surface area contributed by atoms with Crippen molar-refractivity contribution in [2.75, 3.05) is 36.6 Å². The van der Waals surface area contributed by atoms with Crippen molar-refractivity contribution in [2.24, 2.45) is 5.92 Å². The van der Waals surface area contributed by atoms with Gasteiger partial charge in [-0.15, -0.1) is 11.8 Å². The molecule has 0 bridgehead atoms. The molecule has 1 heterocycles. The first-order chi connectivity index (χ1) is 13.9. The van der Waals surface area contributed by atoms with Crippen LogP contribution in [-0.4, -0.2) is 49.0 Å². The van der Waals surface area contributed by atoms with Gasteiger partial charge in [-0.1, -0.05) is 29.8 Å². The molecule has 0 unspecified atom stereocenters. The molecule has 6 nitrogen and oxygen atoms in total. The molecule has 0 radical (unpaired) electrons. The second-order valence-electron chi connectivity index (χ2n) is 7.18. The van der Waals surface area contributed by atoms with Gasteiger partial charge < -0.3 is 15.1 Å². The number of hydrogen-bond acceptors (Lipinski definition) is 4. The van der Waals surface area contributed by atoms with E-state index in [0.29, 0.717) is 6.54 Å². The zero-order valence-corrected chi connectivity index (χ0v) is 17.7. The molecule has 1 aliphatic heterocycles. The Bertz CT molecular complexity index is 914. The van der Waals surface area contributed by atoms with Crippen LogP contribution in [0.3, 0.4) is 0 Å². The molecule has 0 aliphatic carbocycles. The number of carbonyl (C=O) groups excluding carboxylic acids is 3. The molecule has 0 saturated carbocycles. The number of para-hydroxylation sites is 1. The number of likely N-dealkylation sites (N-methyl/N-ethyl adjacent to an activating group) is 1. The Morgan fingerprint density at radius 2 is 1.86 bits per heavy atom. The number of rotatable bonds is 6. The van der Waals surface area contributed by atoms with Gasteiger partial charge in [0, 0.05) is 30.6 Å². The molecule has 1 atom stereocenters. The van der Waals surface area contributed by atoms with Gasteiger partial charge >= 0.3 is 0 Å². The number of nitrogens with zero attached hydrogens (tertiary/aromatic N) is 2. The van der Waals surface area contributed by atoms with E-state index in [0.717, 1.165) is 21.8 Å². The van der Waals surface area contributed by atoms with Crippen molar-refractivity contribution >= 4 is 40.9 Å². The summed E-state index contributed by atoms with van der Waals surface area (Å²) < 4.78 is 0. The summed E-state index contributed by atoms with van der Waals surface area (Å²) in [6.45, 7) is 2.26. The van der Waals surface area contributed by atoms with Crippen LogP contribution in [0.5, 0.6) is 0 Å². The minimum Gasteiger partial charge on any atom is -0.336 e. The van der Waals surface area contributed by atoms with Gasteiger partial charge in [-0.2, -0.15) is 0 Å². The van der Waals surface area contributed by atoms with Crippen molar-refractivity contribution in [3.8, 4) is 0 Å². The molecule has 1 N–H and O–H groups in total. The van der Waals surface area contributed by atoms with Crippen LogP contribution in [0.2, 0.25) is 0 Å². The quantitative estimate of drug-likeness (QED) is 0.742. The van der Waals surface area contributed by atoms with Crippen molar-refractivity contribution < 1.29 is 14.4 Å². The summed E-state index contributed by atoms with van der Waals surface area (Å²) in [7, 11) is 1.60. The number of benzene rings is 2. The van der Waals surface area contributed by atoms with Crippen molar-refractivity contribution in [3.63, 3.8) is 0 Å². The monoisotopic (exact) mass is 411 g/mol. The van der Waals surface area contributed by atoms with E-state index in [1.54, 1.807) is 23.7 Å². The Morgan fingerprint density at radius 1 is 1.17 bits per heavy atom. The maximum atomic E-state index is 12.8. The molecular weight excluding hydrogens is 386 g/mol. The average Bonchev–Trinajstić information content (AvgIpc) is 3.09. The summed E-state index contributed by atoms with van der Waals surface area (Å²) >= 11 is 1.54. The summed E-state index contributed by atoms with van der Waals surface area (Å²) in [6.07, 6.45) is 2.10. The van der Waals surface area contributed by atoms with Gasteiger partial charge in [0.2, 0.25) is 17.7 Å². The van der Waals surface area contributed by atoms with E-state index in [2.05, 4.69) is 5.32 Å². The summed E-state index contributed by atoms with van der Waals surface area (Å²) in [6, 6.07) is 15.2. The molecule has 3 rings (SSSR count). The molecule has 1 aliphatic rings. The highest BCUT2D eigenvalue weighted by molar-refractivity contribution is 7.98. The molecule has 3 amide bonds. The smallest absolute Gasteiger partial charge is 0.244 e. The first kappa shape index (κ1) is 20.9. The highest BCUT2D eigenvalue weighted by Gasteiger charge is 2.36. The van der Waals surface area contributed by atoms with Gasteiger partial charge in [0.15, 0.2) is 0 Å². The maximum Gasteiger partial charge on any atom is 0.244 e. The summed E-state index contributed by atoms with van der Waals surface area (Å²) in [4.78, 5) is 41.6. The van der Waals surface area contributed by atoms with Crippen LogP contribution in [0.4, 0.5) is 11.4 Å². The van der Waals surface area contributed by atoms with Gasteiger partial charge in [0.1, 0.15) is 0 Å². The maximum absolute atomic E-state index is 12.8. The van der Waals surface area contributed by atoms with Crippen LogP contribution < -0.4 is 10.2 Å². The van der Waals surface area contributed by atoms with Crippen LogP contribution in [0, 0.1) is 12.8 Å². The molecule has 7 heteroatoms. The van der Waals surface area contributed by atoms with Crippen LogP contribution in [0.15, 0.2) is 53.4 Å². The summed E-state index contributed by atoms with van der Waals surface area (Å²) in [5.74, 6) is -0.970. The van der Waals surface area contributed by atoms with E-state index in [1.165, 1.54) is 4.90 Å². The Kier molecular flexibility index (Phi) is 6.59. The minimum atomic E-state index is -0.444. The van der Waals surface area contributed by atoms with Gasteiger partial charge in [-0.25, -0.2) is 0 Å². The number of hydrogen-bond donors (Lipinski definition) is 1. The van der Waals surface area contributed by atoms with Crippen LogP contribution in [0.25, 0.3) is 0 Å². The molecule has 2 aromatic carbocycles. The third-order valence-corrected chi connectivity index (χ3v) is 5.75. The van der Waals surface area contributed by atoms with Crippen molar-refractivity contribution in [1.29, 1.82) is 0 Å². The fourth-order valence-corrected chi connectivity index (χ4v) is 3.94. The van der Waals surface area contributed by atoms with E-state index < -0.39 is 5.92 Å². The molecule has 2 aromatic rings. The zero-order valence-electron chi connectivity index (χ0n) is 16.8. The molecule has 152 valence electrons. The largest absolute Gasteiger partial charge is 0.336 e. The lowest BCUT2D eigenvalue weighted by Gasteiger charge is -2.21. The number of carbonyl (C=O) groups is 3. The van der Waals surface area contributed by atoms with Gasteiger partial charge in [-0.3, -0.25) is 14.4 Å². The highest BCUT2D eigenvalue weighted by Crippen LogP contribution is 2.27. The Balaban J connectivity index is 1.59. The lowest BCUT2D eigenvalue weighted by atomic mass is 10.1. The second-order valence-corrected chi connectivity index (χ2v) is 8.03.